The van der Waals surface area contributed by atoms with Crippen LogP contribution in [0.1, 0.15) is 29.9 Å². The molecule has 24 heavy (non-hydrogen) atoms. The molecule has 128 valence electrons. The van der Waals surface area contributed by atoms with Crippen LogP contribution in [-0.2, 0) is 13.6 Å². The van der Waals surface area contributed by atoms with E-state index in [1.165, 1.54) is 5.56 Å². The van der Waals surface area contributed by atoms with Crippen molar-refractivity contribution in [1.29, 1.82) is 0 Å². The van der Waals surface area contributed by atoms with Crippen molar-refractivity contribution in [3.63, 3.8) is 0 Å². The van der Waals surface area contributed by atoms with Gasteiger partial charge in [0, 0.05) is 24.3 Å². The number of nitrogens with zero attached hydrogens (tertiary/aromatic N) is 2. The van der Waals surface area contributed by atoms with Crippen LogP contribution < -0.4 is 15.4 Å². The second-order valence-electron chi connectivity index (χ2n) is 6.08. The predicted octanol–water partition coefficient (Wildman–Crippen LogP) is 2.83. The lowest BCUT2D eigenvalue weighted by atomic mass is 9.76. The molecule has 1 aliphatic carbocycles. The molecular weight excluding hydrogens is 328 g/mol. The first-order valence-electron chi connectivity index (χ1n) is 7.91. The van der Waals surface area contributed by atoms with Crippen molar-refractivity contribution >= 4 is 17.6 Å². The molecule has 2 N–H and O–H groups in total. The van der Waals surface area contributed by atoms with Crippen LogP contribution in [0.4, 0.5) is 4.79 Å². The lowest BCUT2D eigenvalue weighted by Crippen LogP contribution is -2.47. The molecule has 7 heteroatoms. The zero-order valence-electron chi connectivity index (χ0n) is 13.8. The first-order chi connectivity index (χ1) is 11.5. The molecule has 0 bridgehead atoms. The third kappa shape index (κ3) is 3.82. The Morgan fingerprint density at radius 2 is 2.08 bits per heavy atom. The quantitative estimate of drug-likeness (QED) is 0.873. The molecule has 3 rings (SSSR count). The van der Waals surface area contributed by atoms with Crippen molar-refractivity contribution in [2.75, 3.05) is 7.11 Å². The average molecular weight is 349 g/mol. The molecular formula is C17H21ClN4O2. The average Bonchev–Trinajstić information content (AvgIpc) is 2.89. The van der Waals surface area contributed by atoms with Gasteiger partial charge in [-0.25, -0.2) is 4.79 Å². The number of carbonyl (C=O) groups is 1. The van der Waals surface area contributed by atoms with E-state index in [-0.39, 0.29) is 12.1 Å². The number of nitrogens with one attached hydrogen (secondary N) is 2. The Morgan fingerprint density at radius 1 is 1.38 bits per heavy atom. The van der Waals surface area contributed by atoms with E-state index in [1.807, 2.05) is 25.4 Å². The van der Waals surface area contributed by atoms with Gasteiger partial charge in [0.05, 0.1) is 19.2 Å². The van der Waals surface area contributed by atoms with E-state index >= 15 is 0 Å². The van der Waals surface area contributed by atoms with Gasteiger partial charge in [-0.1, -0.05) is 23.7 Å². The topological polar surface area (TPSA) is 68.2 Å². The van der Waals surface area contributed by atoms with Crippen LogP contribution in [0.5, 0.6) is 5.88 Å². The first-order valence-corrected chi connectivity index (χ1v) is 8.29. The van der Waals surface area contributed by atoms with Crippen molar-refractivity contribution in [2.45, 2.75) is 31.3 Å². The molecule has 2 amide bonds. The molecule has 0 atom stereocenters. The van der Waals surface area contributed by atoms with Crippen LogP contribution in [0, 0.1) is 0 Å². The van der Waals surface area contributed by atoms with Gasteiger partial charge in [0.2, 0.25) is 5.88 Å². The molecule has 6 nitrogen and oxygen atoms in total. The largest absolute Gasteiger partial charge is 0.480 e. The molecule has 0 spiro atoms. The molecule has 1 fully saturated rings. The number of rotatable bonds is 5. The van der Waals surface area contributed by atoms with Gasteiger partial charge in [-0.15, -0.1) is 5.10 Å². The van der Waals surface area contributed by atoms with Crippen LogP contribution in [0.15, 0.2) is 30.5 Å². The third-order valence-electron chi connectivity index (χ3n) is 4.31. The Labute approximate surface area is 146 Å². The highest BCUT2D eigenvalue weighted by molar-refractivity contribution is 6.30. The molecule has 0 saturated heterocycles. The number of carbonyl (C=O) groups excluding carboxylic acids is 1. The van der Waals surface area contributed by atoms with Gasteiger partial charge < -0.3 is 15.4 Å². The summed E-state index contributed by atoms with van der Waals surface area (Å²) in [5.41, 5.74) is 2.13. The van der Waals surface area contributed by atoms with E-state index in [1.54, 1.807) is 11.8 Å². The van der Waals surface area contributed by atoms with Gasteiger partial charge in [0.25, 0.3) is 0 Å². The Bertz CT molecular complexity index is 708. The fourth-order valence-electron chi connectivity index (χ4n) is 2.97. The van der Waals surface area contributed by atoms with E-state index in [9.17, 15) is 4.79 Å². The summed E-state index contributed by atoms with van der Waals surface area (Å²) < 4.78 is 6.83. The van der Waals surface area contributed by atoms with Crippen LogP contribution in [0.25, 0.3) is 0 Å². The fraction of sp³-hybridized carbons (Fsp3) is 0.412. The van der Waals surface area contributed by atoms with Gasteiger partial charge in [0.15, 0.2) is 0 Å². The van der Waals surface area contributed by atoms with Crippen molar-refractivity contribution < 1.29 is 9.53 Å². The van der Waals surface area contributed by atoms with Crippen LogP contribution in [-0.4, -0.2) is 29.0 Å². The summed E-state index contributed by atoms with van der Waals surface area (Å²) in [6.07, 6.45) is 3.73. The molecule has 0 radical (unpaired) electrons. The van der Waals surface area contributed by atoms with Crippen molar-refractivity contribution in [3.05, 3.63) is 46.6 Å². The number of aryl methyl sites for hydroxylation is 1. The monoisotopic (exact) mass is 348 g/mol. The van der Waals surface area contributed by atoms with Gasteiger partial charge >= 0.3 is 6.03 Å². The minimum atomic E-state index is -0.166. The van der Waals surface area contributed by atoms with E-state index in [4.69, 9.17) is 16.3 Å². The van der Waals surface area contributed by atoms with E-state index in [0.29, 0.717) is 18.3 Å². The number of halogens is 1. The van der Waals surface area contributed by atoms with Gasteiger partial charge in [-0.05, 0) is 36.5 Å². The van der Waals surface area contributed by atoms with Crippen molar-refractivity contribution in [3.8, 4) is 5.88 Å². The maximum atomic E-state index is 12.0. The summed E-state index contributed by atoms with van der Waals surface area (Å²) in [4.78, 5) is 12.0. The third-order valence-corrected chi connectivity index (χ3v) is 4.57. The number of aromatic nitrogens is 2. The summed E-state index contributed by atoms with van der Waals surface area (Å²) in [6, 6.07) is 7.97. The molecule has 1 aromatic heterocycles. The van der Waals surface area contributed by atoms with E-state index in [0.717, 1.165) is 23.4 Å². The smallest absolute Gasteiger partial charge is 0.315 e. The van der Waals surface area contributed by atoms with Crippen LogP contribution >= 0.6 is 11.6 Å². The second kappa shape index (κ2) is 7.13. The van der Waals surface area contributed by atoms with Crippen molar-refractivity contribution in [1.82, 2.24) is 20.4 Å². The van der Waals surface area contributed by atoms with Crippen molar-refractivity contribution in [2.24, 2.45) is 7.05 Å². The highest BCUT2D eigenvalue weighted by Gasteiger charge is 2.31. The number of methoxy groups -OCH3 is 1. The molecule has 1 saturated carbocycles. The molecule has 1 aromatic carbocycles. The van der Waals surface area contributed by atoms with E-state index in [2.05, 4.69) is 27.9 Å². The maximum Gasteiger partial charge on any atom is 0.315 e. The highest BCUT2D eigenvalue weighted by Crippen LogP contribution is 2.37. The number of hydrogen-bond acceptors (Lipinski definition) is 3. The molecule has 2 aromatic rings. The maximum absolute atomic E-state index is 12.0. The summed E-state index contributed by atoms with van der Waals surface area (Å²) in [7, 11) is 3.38. The second-order valence-corrected chi connectivity index (χ2v) is 6.52. The SMILES string of the molecule is COc1nn(C)cc1CNC(=O)NC1CC(c2ccc(Cl)cc2)C1. The zero-order chi connectivity index (χ0) is 17.1. The lowest BCUT2D eigenvalue weighted by molar-refractivity contribution is 0.222. The van der Waals surface area contributed by atoms with Crippen LogP contribution in [0.3, 0.4) is 0 Å². The number of amides is 2. The molecule has 0 aliphatic heterocycles. The summed E-state index contributed by atoms with van der Waals surface area (Å²) in [5, 5.41) is 10.8. The Kier molecular flexibility index (Phi) is 4.94. The molecule has 0 unspecified atom stereocenters. The Hall–Kier alpha value is -2.21. The standard InChI is InChI=1S/C17H21ClN4O2/c1-22-10-13(16(21-22)24-2)9-19-17(23)20-15-7-12(8-15)11-3-5-14(18)6-4-11/h3-6,10,12,15H,7-9H2,1-2H3,(H2,19,20,23). The Morgan fingerprint density at radius 3 is 2.75 bits per heavy atom. The number of hydrogen-bond donors (Lipinski definition) is 2. The first kappa shape index (κ1) is 16.6. The fourth-order valence-corrected chi connectivity index (χ4v) is 3.09. The summed E-state index contributed by atoms with van der Waals surface area (Å²) in [5.74, 6) is 1.02. The minimum Gasteiger partial charge on any atom is -0.480 e. The summed E-state index contributed by atoms with van der Waals surface area (Å²) in [6.45, 7) is 0.385. The molecule has 1 aliphatic rings. The van der Waals surface area contributed by atoms with E-state index < -0.39 is 0 Å². The molecule has 1 heterocycles. The lowest BCUT2D eigenvalue weighted by Gasteiger charge is -2.36. The Balaban J connectivity index is 1.43. The summed E-state index contributed by atoms with van der Waals surface area (Å²) >= 11 is 5.90. The van der Waals surface area contributed by atoms with Crippen LogP contribution in [0.2, 0.25) is 5.02 Å². The number of urea groups is 1. The normalized spacial score (nSPS) is 19.5. The van der Waals surface area contributed by atoms with Gasteiger partial charge in [-0.2, -0.15) is 0 Å². The number of ether oxygens (including phenoxy) is 1. The minimum absolute atomic E-state index is 0.166. The number of benzene rings is 1. The predicted molar refractivity (Wildman–Crippen MR) is 92.3 cm³/mol. The highest BCUT2D eigenvalue weighted by atomic mass is 35.5. The van der Waals surface area contributed by atoms with Gasteiger partial charge in [-0.3, -0.25) is 4.68 Å². The van der Waals surface area contributed by atoms with Gasteiger partial charge in [0.1, 0.15) is 0 Å². The zero-order valence-corrected chi connectivity index (χ0v) is 14.5.